The van der Waals surface area contributed by atoms with Crippen LogP contribution in [0.2, 0.25) is 0 Å². The number of halogens is 4. The Balaban J connectivity index is 1.77. The molecule has 3 aromatic carbocycles. The van der Waals surface area contributed by atoms with E-state index >= 15 is 0 Å². The summed E-state index contributed by atoms with van der Waals surface area (Å²) in [7, 11) is 0. The predicted molar refractivity (Wildman–Crippen MR) is 98.1 cm³/mol. The monoisotopic (exact) mass is 376 g/mol. The van der Waals surface area contributed by atoms with Crippen LogP contribution < -0.4 is 4.74 Å². The second-order valence-corrected chi connectivity index (χ2v) is 6.55. The lowest BCUT2D eigenvalue weighted by molar-refractivity contribution is -0.185. The van der Waals surface area contributed by atoms with Crippen molar-refractivity contribution in [2.24, 2.45) is 0 Å². The number of unbranched alkanes of at least 4 members (excludes halogenated alkanes) is 2. The molecule has 0 bridgehead atoms. The number of ether oxygens (including phenoxy) is 1. The first-order valence-corrected chi connectivity index (χ1v) is 8.94. The molecule has 0 aliphatic heterocycles. The molecule has 0 aliphatic rings. The van der Waals surface area contributed by atoms with Crippen LogP contribution in [0.4, 0.5) is 17.6 Å². The van der Waals surface area contributed by atoms with Gasteiger partial charge in [-0.05, 0) is 65.6 Å². The molecule has 3 rings (SSSR count). The van der Waals surface area contributed by atoms with E-state index in [0.717, 1.165) is 43.4 Å². The SMILES string of the molecule is CCCCCc1ccc(C(F)(F)Oc2ccc3cc(F)c(F)cc3c2)cc1. The summed E-state index contributed by atoms with van der Waals surface area (Å²) in [6.07, 6.45) is 0.554. The number of hydrogen-bond donors (Lipinski definition) is 0. The van der Waals surface area contributed by atoms with Gasteiger partial charge in [-0.2, -0.15) is 8.78 Å². The summed E-state index contributed by atoms with van der Waals surface area (Å²) >= 11 is 0. The zero-order valence-corrected chi connectivity index (χ0v) is 14.9. The zero-order valence-electron chi connectivity index (χ0n) is 14.9. The normalized spacial score (nSPS) is 11.7. The molecule has 0 N–H and O–H groups in total. The van der Waals surface area contributed by atoms with E-state index in [1.54, 1.807) is 12.1 Å². The highest BCUT2D eigenvalue weighted by atomic mass is 19.3. The Morgan fingerprint density at radius 1 is 0.815 bits per heavy atom. The van der Waals surface area contributed by atoms with E-state index in [-0.39, 0.29) is 16.7 Å². The van der Waals surface area contributed by atoms with Crippen LogP contribution in [-0.2, 0) is 12.5 Å². The van der Waals surface area contributed by atoms with E-state index in [4.69, 9.17) is 4.74 Å². The van der Waals surface area contributed by atoms with Crippen LogP contribution in [-0.4, -0.2) is 0 Å². The van der Waals surface area contributed by atoms with Crippen molar-refractivity contribution in [3.05, 3.63) is 77.4 Å². The third-order valence-corrected chi connectivity index (χ3v) is 4.46. The average molecular weight is 376 g/mol. The Morgan fingerprint density at radius 2 is 1.48 bits per heavy atom. The summed E-state index contributed by atoms with van der Waals surface area (Å²) in [6, 6.07) is 12.1. The highest BCUT2D eigenvalue weighted by Gasteiger charge is 2.34. The molecule has 0 aliphatic carbocycles. The molecule has 0 amide bonds. The Kier molecular flexibility index (Phi) is 5.68. The molecule has 1 nitrogen and oxygen atoms in total. The van der Waals surface area contributed by atoms with E-state index in [1.165, 1.54) is 30.3 Å². The van der Waals surface area contributed by atoms with Gasteiger partial charge in [0.25, 0.3) is 0 Å². The Labute approximate surface area is 155 Å². The largest absolute Gasteiger partial charge is 0.429 e. The summed E-state index contributed by atoms with van der Waals surface area (Å²) in [5, 5.41) is 0.689. The molecular formula is C22H20F4O. The van der Waals surface area contributed by atoms with Gasteiger partial charge in [-0.15, -0.1) is 0 Å². The maximum atomic E-state index is 14.5. The Morgan fingerprint density at radius 3 is 2.15 bits per heavy atom. The molecule has 5 heteroatoms. The van der Waals surface area contributed by atoms with Crippen LogP contribution in [0.3, 0.4) is 0 Å². The number of benzene rings is 3. The summed E-state index contributed by atoms with van der Waals surface area (Å²) in [5.74, 6) is -2.14. The molecule has 142 valence electrons. The second-order valence-electron chi connectivity index (χ2n) is 6.55. The Bertz CT molecular complexity index is 919. The molecule has 0 aromatic heterocycles. The molecule has 3 aromatic rings. The molecule has 0 saturated heterocycles. The summed E-state index contributed by atoms with van der Waals surface area (Å²) in [6.45, 7) is 2.11. The van der Waals surface area contributed by atoms with Gasteiger partial charge < -0.3 is 4.74 Å². The minimum absolute atomic E-state index is 0.120. The first kappa shape index (κ1) is 19.2. The topological polar surface area (TPSA) is 9.23 Å². The van der Waals surface area contributed by atoms with Crippen LogP contribution in [0, 0.1) is 11.6 Å². The number of hydrogen-bond acceptors (Lipinski definition) is 1. The third-order valence-electron chi connectivity index (χ3n) is 4.46. The van der Waals surface area contributed by atoms with Crippen molar-refractivity contribution in [2.75, 3.05) is 0 Å². The van der Waals surface area contributed by atoms with Crippen molar-refractivity contribution in [2.45, 2.75) is 38.7 Å². The van der Waals surface area contributed by atoms with Gasteiger partial charge in [0, 0.05) is 0 Å². The average Bonchev–Trinajstić information content (AvgIpc) is 2.63. The molecule has 0 fully saturated rings. The molecule has 27 heavy (non-hydrogen) atoms. The first-order valence-electron chi connectivity index (χ1n) is 8.94. The van der Waals surface area contributed by atoms with Gasteiger partial charge in [-0.1, -0.05) is 38.0 Å². The standard InChI is InChI=1S/C22H20F4O/c1-2-3-4-5-15-6-9-18(10-7-15)22(25,26)27-19-11-8-16-13-20(23)21(24)14-17(16)12-19/h6-14H,2-5H2,1H3. The fourth-order valence-corrected chi connectivity index (χ4v) is 2.94. The van der Waals surface area contributed by atoms with Crippen LogP contribution in [0.5, 0.6) is 5.75 Å². The summed E-state index contributed by atoms with van der Waals surface area (Å²) in [4.78, 5) is 0. The predicted octanol–water partition coefficient (Wildman–Crippen LogP) is 6.98. The van der Waals surface area contributed by atoms with Gasteiger partial charge in [-0.25, -0.2) is 8.78 Å². The van der Waals surface area contributed by atoms with E-state index in [9.17, 15) is 17.6 Å². The number of aryl methyl sites for hydroxylation is 1. The van der Waals surface area contributed by atoms with E-state index in [0.29, 0.717) is 5.39 Å². The molecule has 0 saturated carbocycles. The van der Waals surface area contributed by atoms with Crippen LogP contribution >= 0.6 is 0 Å². The van der Waals surface area contributed by atoms with Gasteiger partial charge >= 0.3 is 6.11 Å². The molecular weight excluding hydrogens is 356 g/mol. The van der Waals surface area contributed by atoms with Crippen molar-refractivity contribution in [3.8, 4) is 5.75 Å². The lowest BCUT2D eigenvalue weighted by atomic mass is 10.0. The highest BCUT2D eigenvalue weighted by Crippen LogP contribution is 2.33. The summed E-state index contributed by atoms with van der Waals surface area (Å²) in [5.41, 5.74) is 0.748. The Hall–Kier alpha value is -2.56. The first-order chi connectivity index (χ1) is 12.9. The van der Waals surface area contributed by atoms with E-state index in [1.807, 2.05) is 0 Å². The maximum Gasteiger partial charge on any atom is 0.426 e. The fourth-order valence-electron chi connectivity index (χ4n) is 2.94. The smallest absolute Gasteiger partial charge is 0.426 e. The number of fused-ring (bicyclic) bond motifs is 1. The third kappa shape index (κ3) is 4.59. The lowest BCUT2D eigenvalue weighted by Crippen LogP contribution is -2.21. The van der Waals surface area contributed by atoms with Crippen LogP contribution in [0.25, 0.3) is 10.8 Å². The minimum atomic E-state index is -3.53. The highest BCUT2D eigenvalue weighted by molar-refractivity contribution is 5.84. The second kappa shape index (κ2) is 7.99. The van der Waals surface area contributed by atoms with Crippen molar-refractivity contribution >= 4 is 10.8 Å². The molecule has 0 spiro atoms. The number of rotatable bonds is 7. The van der Waals surface area contributed by atoms with Crippen LogP contribution in [0.15, 0.2) is 54.6 Å². The van der Waals surface area contributed by atoms with E-state index in [2.05, 4.69) is 6.92 Å². The van der Waals surface area contributed by atoms with Gasteiger partial charge in [-0.3, -0.25) is 0 Å². The van der Waals surface area contributed by atoms with Crippen molar-refractivity contribution in [1.29, 1.82) is 0 Å². The van der Waals surface area contributed by atoms with Gasteiger partial charge in [0.15, 0.2) is 11.6 Å². The van der Waals surface area contributed by atoms with Crippen molar-refractivity contribution in [3.63, 3.8) is 0 Å². The van der Waals surface area contributed by atoms with Crippen molar-refractivity contribution in [1.82, 2.24) is 0 Å². The molecule has 0 atom stereocenters. The minimum Gasteiger partial charge on any atom is -0.429 e. The fraction of sp³-hybridized carbons (Fsp3) is 0.273. The zero-order chi connectivity index (χ0) is 19.4. The van der Waals surface area contributed by atoms with Gasteiger partial charge in [0.05, 0.1) is 5.56 Å². The number of alkyl halides is 2. The van der Waals surface area contributed by atoms with Gasteiger partial charge in [0.1, 0.15) is 5.75 Å². The summed E-state index contributed by atoms with van der Waals surface area (Å²) < 4.78 is 60.4. The van der Waals surface area contributed by atoms with Gasteiger partial charge in [0.2, 0.25) is 0 Å². The molecule has 0 unspecified atom stereocenters. The molecule has 0 radical (unpaired) electrons. The quantitative estimate of drug-likeness (QED) is 0.319. The van der Waals surface area contributed by atoms with E-state index < -0.39 is 17.7 Å². The van der Waals surface area contributed by atoms with Crippen molar-refractivity contribution < 1.29 is 22.3 Å². The van der Waals surface area contributed by atoms with Crippen LogP contribution in [0.1, 0.15) is 37.3 Å². The maximum absolute atomic E-state index is 14.5. The molecule has 0 heterocycles. The lowest BCUT2D eigenvalue weighted by Gasteiger charge is -2.19.